The first-order valence-corrected chi connectivity index (χ1v) is 6.26. The summed E-state index contributed by atoms with van der Waals surface area (Å²) in [6, 6.07) is 5.29. The molecule has 1 aliphatic rings. The van der Waals surface area contributed by atoms with E-state index in [0.717, 1.165) is 5.56 Å². The highest BCUT2D eigenvalue weighted by molar-refractivity contribution is 6.33. The van der Waals surface area contributed by atoms with Crippen LogP contribution in [0.1, 0.15) is 12.0 Å². The summed E-state index contributed by atoms with van der Waals surface area (Å²) in [5.74, 6) is 0. The molecule has 0 radical (unpaired) electrons. The SMILES string of the molecule is Nc1ccc(CN2CC=C(C(F)(F)F)CC2)cc1Cl. The average Bonchev–Trinajstić information content (AvgIpc) is 2.33. The molecule has 1 aromatic rings. The predicted octanol–water partition coefficient (Wildman–Crippen LogP) is 3.62. The zero-order chi connectivity index (χ0) is 14.0. The van der Waals surface area contributed by atoms with Crippen molar-refractivity contribution in [2.24, 2.45) is 0 Å². The van der Waals surface area contributed by atoms with Gasteiger partial charge >= 0.3 is 6.18 Å². The van der Waals surface area contributed by atoms with Crippen LogP contribution in [0.5, 0.6) is 0 Å². The van der Waals surface area contributed by atoms with Crippen LogP contribution in [0.2, 0.25) is 5.02 Å². The Labute approximate surface area is 114 Å². The van der Waals surface area contributed by atoms with E-state index in [1.165, 1.54) is 6.08 Å². The summed E-state index contributed by atoms with van der Waals surface area (Å²) in [6.07, 6.45) is -2.91. The fraction of sp³-hybridized carbons (Fsp3) is 0.385. The van der Waals surface area contributed by atoms with Gasteiger partial charge in [-0.25, -0.2) is 0 Å². The van der Waals surface area contributed by atoms with Crippen LogP contribution in [0.3, 0.4) is 0 Å². The second-order valence-electron chi connectivity index (χ2n) is 4.57. The van der Waals surface area contributed by atoms with E-state index >= 15 is 0 Å². The third-order valence-electron chi connectivity index (χ3n) is 3.13. The molecule has 1 heterocycles. The average molecular weight is 291 g/mol. The maximum absolute atomic E-state index is 12.5. The van der Waals surface area contributed by atoms with E-state index in [2.05, 4.69) is 0 Å². The van der Waals surface area contributed by atoms with Gasteiger partial charge in [-0.1, -0.05) is 23.7 Å². The van der Waals surface area contributed by atoms with Gasteiger partial charge in [-0.15, -0.1) is 0 Å². The first-order chi connectivity index (χ1) is 8.86. The molecule has 104 valence electrons. The fourth-order valence-electron chi connectivity index (χ4n) is 2.04. The van der Waals surface area contributed by atoms with Crippen molar-refractivity contribution in [3.05, 3.63) is 40.4 Å². The maximum atomic E-state index is 12.5. The molecule has 0 amide bonds. The number of hydrogen-bond acceptors (Lipinski definition) is 2. The largest absolute Gasteiger partial charge is 0.412 e. The number of hydrogen-bond donors (Lipinski definition) is 1. The summed E-state index contributed by atoms with van der Waals surface area (Å²) >= 11 is 5.91. The lowest BCUT2D eigenvalue weighted by Gasteiger charge is -2.27. The standard InChI is InChI=1S/C13H14ClF3N2/c14-11-7-9(1-2-12(11)18)8-19-5-3-10(4-6-19)13(15,16)17/h1-3,7H,4-6,8,18H2. The van der Waals surface area contributed by atoms with E-state index in [4.69, 9.17) is 17.3 Å². The topological polar surface area (TPSA) is 29.3 Å². The molecule has 1 aromatic carbocycles. The van der Waals surface area contributed by atoms with Crippen molar-refractivity contribution in [1.29, 1.82) is 0 Å². The van der Waals surface area contributed by atoms with Crippen LogP contribution in [0, 0.1) is 0 Å². The summed E-state index contributed by atoms with van der Waals surface area (Å²) in [6.45, 7) is 1.27. The van der Waals surface area contributed by atoms with Gasteiger partial charge in [0.2, 0.25) is 0 Å². The summed E-state index contributed by atoms with van der Waals surface area (Å²) in [5.41, 5.74) is 6.63. The number of rotatable bonds is 2. The van der Waals surface area contributed by atoms with Gasteiger partial charge in [0.25, 0.3) is 0 Å². The van der Waals surface area contributed by atoms with Crippen molar-refractivity contribution < 1.29 is 13.2 Å². The zero-order valence-electron chi connectivity index (χ0n) is 10.2. The third kappa shape index (κ3) is 3.64. The van der Waals surface area contributed by atoms with Crippen LogP contribution in [-0.2, 0) is 6.54 Å². The number of nitrogens with two attached hydrogens (primary N) is 1. The molecular weight excluding hydrogens is 277 g/mol. The number of benzene rings is 1. The number of halogens is 4. The van der Waals surface area contributed by atoms with E-state index in [1.807, 2.05) is 11.0 Å². The van der Waals surface area contributed by atoms with Gasteiger partial charge in [0.1, 0.15) is 0 Å². The molecule has 0 aromatic heterocycles. The highest BCUT2D eigenvalue weighted by Crippen LogP contribution is 2.30. The minimum atomic E-state index is -4.20. The molecule has 0 atom stereocenters. The van der Waals surface area contributed by atoms with Crippen molar-refractivity contribution in [1.82, 2.24) is 4.90 Å². The molecule has 0 fully saturated rings. The van der Waals surface area contributed by atoms with Crippen LogP contribution in [0.15, 0.2) is 29.8 Å². The molecule has 0 spiro atoms. The van der Waals surface area contributed by atoms with E-state index in [-0.39, 0.29) is 6.42 Å². The van der Waals surface area contributed by atoms with Crippen molar-refractivity contribution in [2.45, 2.75) is 19.1 Å². The molecular formula is C13H14ClF3N2. The summed E-state index contributed by atoms with van der Waals surface area (Å²) in [4.78, 5) is 1.94. The molecule has 0 saturated carbocycles. The lowest BCUT2D eigenvalue weighted by atomic mass is 10.1. The minimum absolute atomic E-state index is 0.0339. The number of nitrogens with zero attached hydrogens (tertiary/aromatic N) is 1. The fourth-order valence-corrected chi connectivity index (χ4v) is 2.24. The number of anilines is 1. The first-order valence-electron chi connectivity index (χ1n) is 5.89. The molecule has 0 unspecified atom stereocenters. The molecule has 2 N–H and O–H groups in total. The van der Waals surface area contributed by atoms with Crippen LogP contribution in [0.4, 0.5) is 18.9 Å². The predicted molar refractivity (Wildman–Crippen MR) is 69.9 cm³/mol. The van der Waals surface area contributed by atoms with E-state index in [9.17, 15) is 13.2 Å². The summed E-state index contributed by atoms with van der Waals surface area (Å²) in [7, 11) is 0. The minimum Gasteiger partial charge on any atom is -0.398 e. The van der Waals surface area contributed by atoms with Crippen LogP contribution in [-0.4, -0.2) is 24.2 Å². The molecule has 0 aliphatic carbocycles. The molecule has 0 saturated heterocycles. The maximum Gasteiger partial charge on any atom is 0.412 e. The lowest BCUT2D eigenvalue weighted by molar-refractivity contribution is -0.0960. The van der Waals surface area contributed by atoms with Crippen LogP contribution >= 0.6 is 11.6 Å². The van der Waals surface area contributed by atoms with Crippen LogP contribution < -0.4 is 5.73 Å². The summed E-state index contributed by atoms with van der Waals surface area (Å²) < 4.78 is 37.4. The molecule has 6 heteroatoms. The Morgan fingerprint density at radius 1 is 1.32 bits per heavy atom. The van der Waals surface area contributed by atoms with Gasteiger partial charge in [0.15, 0.2) is 0 Å². The molecule has 1 aliphatic heterocycles. The Morgan fingerprint density at radius 3 is 2.58 bits per heavy atom. The Bertz CT molecular complexity index is 497. The van der Waals surface area contributed by atoms with E-state index in [0.29, 0.717) is 30.3 Å². The Kier molecular flexibility index (Phi) is 4.06. The highest BCUT2D eigenvalue weighted by atomic mass is 35.5. The first kappa shape index (κ1) is 14.2. The molecule has 2 nitrogen and oxygen atoms in total. The lowest BCUT2D eigenvalue weighted by Crippen LogP contribution is -2.31. The van der Waals surface area contributed by atoms with E-state index in [1.54, 1.807) is 12.1 Å². The molecule has 2 rings (SSSR count). The van der Waals surface area contributed by atoms with Crippen molar-refractivity contribution >= 4 is 17.3 Å². The second-order valence-corrected chi connectivity index (χ2v) is 4.98. The Balaban J connectivity index is 1.99. The van der Waals surface area contributed by atoms with Gasteiger partial charge < -0.3 is 5.73 Å². The number of nitrogen functional groups attached to an aromatic ring is 1. The van der Waals surface area contributed by atoms with E-state index < -0.39 is 11.7 Å². The number of alkyl halides is 3. The second kappa shape index (κ2) is 5.43. The van der Waals surface area contributed by atoms with Gasteiger partial charge in [-0.3, -0.25) is 4.90 Å². The van der Waals surface area contributed by atoms with Crippen molar-refractivity contribution in [3.63, 3.8) is 0 Å². The normalized spacial score (nSPS) is 17.4. The Hall–Kier alpha value is -1.20. The molecule has 19 heavy (non-hydrogen) atoms. The van der Waals surface area contributed by atoms with Gasteiger partial charge in [-0.05, 0) is 24.1 Å². The van der Waals surface area contributed by atoms with Gasteiger partial charge in [0, 0.05) is 25.2 Å². The summed E-state index contributed by atoms with van der Waals surface area (Å²) in [5, 5.41) is 0.473. The zero-order valence-corrected chi connectivity index (χ0v) is 10.9. The highest BCUT2D eigenvalue weighted by Gasteiger charge is 2.34. The van der Waals surface area contributed by atoms with Crippen LogP contribution in [0.25, 0.3) is 0 Å². The third-order valence-corrected chi connectivity index (χ3v) is 3.46. The Morgan fingerprint density at radius 2 is 2.05 bits per heavy atom. The van der Waals surface area contributed by atoms with Gasteiger partial charge in [0.05, 0.1) is 10.7 Å². The van der Waals surface area contributed by atoms with Gasteiger partial charge in [-0.2, -0.15) is 13.2 Å². The quantitative estimate of drug-likeness (QED) is 0.666. The van der Waals surface area contributed by atoms with Crippen molar-refractivity contribution in [2.75, 3.05) is 18.8 Å². The molecule has 0 bridgehead atoms. The van der Waals surface area contributed by atoms with Crippen molar-refractivity contribution in [3.8, 4) is 0 Å². The monoisotopic (exact) mass is 290 g/mol. The smallest absolute Gasteiger partial charge is 0.398 e.